The van der Waals surface area contributed by atoms with Crippen molar-refractivity contribution in [2.24, 2.45) is 0 Å². The lowest BCUT2D eigenvalue weighted by Crippen LogP contribution is -2.28. The Balaban J connectivity index is 0.00000225. The lowest BCUT2D eigenvalue weighted by Gasteiger charge is -2.25. The maximum absolute atomic E-state index is 13.0. The molecule has 2 aromatic rings. The highest BCUT2D eigenvalue weighted by molar-refractivity contribution is 7.94. The molecule has 2 aromatic carbocycles. The van der Waals surface area contributed by atoms with Gasteiger partial charge in [-0.05, 0) is 54.8 Å². The quantitative estimate of drug-likeness (QED) is 0.818. The van der Waals surface area contributed by atoms with Crippen molar-refractivity contribution in [1.29, 1.82) is 0 Å². The first-order valence-corrected chi connectivity index (χ1v) is 9.40. The molecule has 136 valence electrons. The number of nitrogens with zero attached hydrogens (tertiary/aromatic N) is 1. The molecule has 25 heavy (non-hydrogen) atoms. The van der Waals surface area contributed by atoms with E-state index in [0.717, 1.165) is 33.5 Å². The van der Waals surface area contributed by atoms with E-state index in [4.69, 9.17) is 16.5 Å². The molecular formula is C17H21ClN2O4S. The third-order valence-corrected chi connectivity index (χ3v) is 6.33. The van der Waals surface area contributed by atoms with Crippen LogP contribution < -0.4 is 13.9 Å². The van der Waals surface area contributed by atoms with Crippen molar-refractivity contribution in [1.82, 2.24) is 5.32 Å². The van der Waals surface area contributed by atoms with Crippen LogP contribution in [0.3, 0.4) is 0 Å². The standard InChI is InChI=1S/C17H19ClN2O3S.H2O/c1-12-6-7-16(23-2)17(10-12)24(21,22)20(18)15-5-3-4-13-11-19-9-8-14(13)15;/h3-7,10,19H,8-9,11H2,1-2H3;1H2. The van der Waals surface area contributed by atoms with Crippen LogP contribution in [0.2, 0.25) is 0 Å². The molecule has 0 saturated heterocycles. The Bertz CT molecular complexity index is 871. The van der Waals surface area contributed by atoms with Gasteiger partial charge in [0.2, 0.25) is 0 Å². The summed E-state index contributed by atoms with van der Waals surface area (Å²) < 4.78 is 32.1. The predicted octanol–water partition coefficient (Wildman–Crippen LogP) is 2.17. The maximum Gasteiger partial charge on any atom is 0.281 e. The monoisotopic (exact) mass is 384 g/mol. The van der Waals surface area contributed by atoms with E-state index in [9.17, 15) is 8.42 Å². The lowest BCUT2D eigenvalue weighted by atomic mass is 9.99. The van der Waals surface area contributed by atoms with Crippen LogP contribution in [0.5, 0.6) is 5.75 Å². The first-order valence-electron chi connectivity index (χ1n) is 7.62. The minimum atomic E-state index is -3.94. The Morgan fingerprint density at radius 3 is 2.72 bits per heavy atom. The van der Waals surface area contributed by atoms with Gasteiger partial charge < -0.3 is 15.5 Å². The van der Waals surface area contributed by atoms with Gasteiger partial charge in [0, 0.05) is 18.3 Å². The number of nitrogens with one attached hydrogen (secondary N) is 1. The van der Waals surface area contributed by atoms with E-state index in [0.29, 0.717) is 12.2 Å². The molecule has 0 atom stereocenters. The van der Waals surface area contributed by atoms with Gasteiger partial charge in [-0.3, -0.25) is 0 Å². The number of hydrogen-bond donors (Lipinski definition) is 1. The van der Waals surface area contributed by atoms with E-state index in [1.807, 2.05) is 19.1 Å². The summed E-state index contributed by atoms with van der Waals surface area (Å²) in [5, 5.41) is 3.27. The summed E-state index contributed by atoms with van der Waals surface area (Å²) in [4.78, 5) is 0.0616. The van der Waals surface area contributed by atoms with Crippen molar-refractivity contribution in [3.63, 3.8) is 0 Å². The molecule has 3 N–H and O–H groups in total. The second-order valence-corrected chi connectivity index (χ2v) is 8.01. The molecule has 8 heteroatoms. The molecule has 0 aromatic heterocycles. The molecule has 0 bridgehead atoms. The van der Waals surface area contributed by atoms with Crippen LogP contribution >= 0.6 is 11.8 Å². The summed E-state index contributed by atoms with van der Waals surface area (Å²) in [5.41, 5.74) is 3.34. The van der Waals surface area contributed by atoms with Crippen molar-refractivity contribution in [3.05, 3.63) is 53.1 Å². The summed E-state index contributed by atoms with van der Waals surface area (Å²) in [6.45, 7) is 3.33. The molecule has 1 heterocycles. The predicted molar refractivity (Wildman–Crippen MR) is 98.7 cm³/mol. The zero-order valence-corrected chi connectivity index (χ0v) is 15.6. The Kier molecular flexibility index (Phi) is 5.95. The van der Waals surface area contributed by atoms with Crippen LogP contribution in [-0.4, -0.2) is 27.5 Å². The average molecular weight is 385 g/mol. The van der Waals surface area contributed by atoms with E-state index in [1.165, 1.54) is 7.11 Å². The SMILES string of the molecule is COc1ccc(C)cc1S(=O)(=O)N(Cl)c1cccc2c1CCNC2.O. The van der Waals surface area contributed by atoms with Crippen molar-refractivity contribution >= 4 is 27.5 Å². The van der Waals surface area contributed by atoms with Gasteiger partial charge >= 0.3 is 0 Å². The average Bonchev–Trinajstić information content (AvgIpc) is 2.60. The highest BCUT2D eigenvalue weighted by atomic mass is 35.5. The maximum atomic E-state index is 13.0. The Hall–Kier alpha value is -1.80. The minimum absolute atomic E-state index is 0. The van der Waals surface area contributed by atoms with Crippen LogP contribution in [0.25, 0.3) is 0 Å². The third kappa shape index (κ3) is 3.59. The van der Waals surface area contributed by atoms with Gasteiger partial charge in [0.05, 0.1) is 12.8 Å². The van der Waals surface area contributed by atoms with Crippen LogP contribution in [-0.2, 0) is 23.0 Å². The second kappa shape index (κ2) is 7.61. The fourth-order valence-electron chi connectivity index (χ4n) is 2.88. The highest BCUT2D eigenvalue weighted by Gasteiger charge is 2.30. The number of benzene rings is 2. The zero-order valence-electron chi connectivity index (χ0n) is 14.0. The second-order valence-electron chi connectivity index (χ2n) is 5.72. The first-order chi connectivity index (χ1) is 11.4. The van der Waals surface area contributed by atoms with E-state index in [1.54, 1.807) is 24.3 Å². The Labute approximate surface area is 152 Å². The number of anilines is 1. The molecule has 0 spiro atoms. The molecule has 1 aliphatic rings. The number of fused-ring (bicyclic) bond motifs is 1. The van der Waals surface area contributed by atoms with Gasteiger partial charge in [-0.15, -0.1) is 0 Å². The van der Waals surface area contributed by atoms with Crippen LogP contribution in [0.15, 0.2) is 41.3 Å². The summed E-state index contributed by atoms with van der Waals surface area (Å²) in [5.74, 6) is 0.276. The first kappa shape index (κ1) is 19.5. The molecule has 3 rings (SSSR count). The molecule has 0 aliphatic carbocycles. The number of methoxy groups -OCH3 is 1. The van der Waals surface area contributed by atoms with Crippen molar-refractivity contribution < 1.29 is 18.6 Å². The van der Waals surface area contributed by atoms with Crippen LogP contribution in [0.1, 0.15) is 16.7 Å². The largest absolute Gasteiger partial charge is 0.495 e. The van der Waals surface area contributed by atoms with E-state index < -0.39 is 10.0 Å². The van der Waals surface area contributed by atoms with Crippen molar-refractivity contribution in [3.8, 4) is 5.75 Å². The number of aryl methyl sites for hydroxylation is 1. The Morgan fingerprint density at radius 1 is 1.24 bits per heavy atom. The molecule has 0 amide bonds. The number of rotatable bonds is 4. The fourth-order valence-corrected chi connectivity index (χ4v) is 4.60. The molecule has 1 aliphatic heterocycles. The van der Waals surface area contributed by atoms with Crippen molar-refractivity contribution in [2.75, 3.05) is 17.5 Å². The van der Waals surface area contributed by atoms with Crippen LogP contribution in [0.4, 0.5) is 5.69 Å². The van der Waals surface area contributed by atoms with Gasteiger partial charge in [0.1, 0.15) is 10.6 Å². The molecular weight excluding hydrogens is 364 g/mol. The van der Waals surface area contributed by atoms with Crippen LogP contribution in [0, 0.1) is 6.92 Å². The summed E-state index contributed by atoms with van der Waals surface area (Å²) >= 11 is 6.32. The zero-order chi connectivity index (χ0) is 17.3. The summed E-state index contributed by atoms with van der Waals surface area (Å²) in [7, 11) is -2.49. The molecule has 0 saturated carbocycles. The highest BCUT2D eigenvalue weighted by Crippen LogP contribution is 2.35. The number of sulfonamides is 1. The van der Waals surface area contributed by atoms with Gasteiger partial charge in [0.25, 0.3) is 10.0 Å². The van der Waals surface area contributed by atoms with Crippen molar-refractivity contribution in [2.45, 2.75) is 24.8 Å². The molecule has 0 radical (unpaired) electrons. The summed E-state index contributed by atoms with van der Waals surface area (Å²) in [6.07, 6.45) is 0.731. The molecule has 0 fully saturated rings. The Morgan fingerprint density at radius 2 is 2.00 bits per heavy atom. The fraction of sp³-hybridized carbons (Fsp3) is 0.294. The smallest absolute Gasteiger partial charge is 0.281 e. The normalized spacial score (nSPS) is 13.6. The minimum Gasteiger partial charge on any atom is -0.495 e. The van der Waals surface area contributed by atoms with E-state index >= 15 is 0 Å². The van der Waals surface area contributed by atoms with E-state index in [-0.39, 0.29) is 16.1 Å². The number of halogens is 1. The van der Waals surface area contributed by atoms with Gasteiger partial charge in [-0.1, -0.05) is 18.2 Å². The van der Waals surface area contributed by atoms with E-state index in [2.05, 4.69) is 5.32 Å². The summed E-state index contributed by atoms with van der Waals surface area (Å²) in [6, 6.07) is 10.5. The lowest BCUT2D eigenvalue weighted by molar-refractivity contribution is 0.402. The number of ether oxygens (including phenoxy) is 1. The third-order valence-electron chi connectivity index (χ3n) is 4.11. The topological polar surface area (TPSA) is 90.1 Å². The van der Waals surface area contributed by atoms with Gasteiger partial charge in [0.15, 0.2) is 0 Å². The number of hydrogen-bond acceptors (Lipinski definition) is 4. The molecule has 0 unspecified atom stereocenters. The molecule has 6 nitrogen and oxygen atoms in total. The van der Waals surface area contributed by atoms with Gasteiger partial charge in [-0.2, -0.15) is 12.2 Å². The van der Waals surface area contributed by atoms with Gasteiger partial charge in [-0.25, -0.2) is 0 Å².